The van der Waals surface area contributed by atoms with Crippen molar-refractivity contribution in [3.63, 3.8) is 0 Å². The molecule has 2 aromatic carbocycles. The van der Waals surface area contributed by atoms with Crippen LogP contribution in [0.2, 0.25) is 0 Å². The summed E-state index contributed by atoms with van der Waals surface area (Å²) in [5.41, 5.74) is -1.21. The van der Waals surface area contributed by atoms with Gasteiger partial charge in [-0.25, -0.2) is 0 Å². The third kappa shape index (κ3) is 3.05. The molecule has 12 rings (SSSR count). The summed E-state index contributed by atoms with van der Waals surface area (Å²) in [6.07, 6.45) is -5.63. The van der Waals surface area contributed by atoms with Gasteiger partial charge in [0, 0.05) is 25.5 Å². The second-order valence-corrected chi connectivity index (χ2v) is 23.2. The average Bonchev–Trinajstić information content (AvgIpc) is 3.77. The summed E-state index contributed by atoms with van der Waals surface area (Å²) in [6.45, 7) is 3.14. The van der Waals surface area contributed by atoms with Gasteiger partial charge in [0.2, 0.25) is 14.6 Å². The highest BCUT2D eigenvalue weighted by molar-refractivity contribution is 9.26. The van der Waals surface area contributed by atoms with Gasteiger partial charge in [-0.05, 0) is 92.0 Å². The van der Waals surface area contributed by atoms with Gasteiger partial charge in [0.15, 0.2) is 4.87 Å². The van der Waals surface area contributed by atoms with Crippen LogP contribution in [0.1, 0.15) is 25.0 Å². The molecule has 51 heavy (non-hydrogen) atoms. The number of nitrogens with zero attached hydrogens (tertiary/aromatic N) is 4. The largest absolute Gasteiger partial charge is 0.392 e. The summed E-state index contributed by atoms with van der Waals surface area (Å²) >= 11 is 0. The van der Waals surface area contributed by atoms with Gasteiger partial charge in [-0.3, -0.25) is 29.0 Å². The molecule has 268 valence electrons. The second-order valence-electron chi connectivity index (χ2n) is 14.5. The zero-order chi connectivity index (χ0) is 35.8. The summed E-state index contributed by atoms with van der Waals surface area (Å²) in [4.78, 5) is 59.2. The van der Waals surface area contributed by atoms with Crippen molar-refractivity contribution in [2.24, 2.45) is 5.92 Å². The minimum Gasteiger partial charge on any atom is -0.392 e. The van der Waals surface area contributed by atoms with Crippen LogP contribution in [-0.2, 0) is 30.0 Å². The van der Waals surface area contributed by atoms with Gasteiger partial charge in [0.1, 0.15) is 24.5 Å². The van der Waals surface area contributed by atoms with E-state index in [0.717, 1.165) is 32.4 Å². The Morgan fingerprint density at radius 3 is 1.73 bits per heavy atom. The van der Waals surface area contributed by atoms with Gasteiger partial charge in [-0.2, -0.15) is 0 Å². The molecular formula is C32H32N6O7S6. The molecule has 19 heteroatoms. The Balaban J connectivity index is 1.34. The van der Waals surface area contributed by atoms with Gasteiger partial charge < -0.3 is 35.8 Å². The first kappa shape index (κ1) is 33.5. The predicted molar refractivity (Wildman–Crippen MR) is 201 cm³/mol. The minimum atomic E-state index is -1.89. The molecule has 0 aromatic heterocycles. The van der Waals surface area contributed by atoms with Crippen molar-refractivity contribution in [2.75, 3.05) is 31.3 Å². The van der Waals surface area contributed by atoms with E-state index in [1.807, 2.05) is 56.3 Å². The maximum absolute atomic E-state index is 15.5. The highest BCUT2D eigenvalue weighted by Crippen LogP contribution is 2.78. The fraction of sp³-hybridized carbons (Fsp3) is 0.500. The number of aliphatic hydroxyl groups excluding tert-OH is 3. The quantitative estimate of drug-likeness (QED) is 0.287. The minimum absolute atomic E-state index is 0.330. The summed E-state index contributed by atoms with van der Waals surface area (Å²) in [7, 11) is 10.3. The highest BCUT2D eigenvalue weighted by atomic mass is 33.7. The molecule has 8 fully saturated rings. The lowest BCUT2D eigenvalue weighted by molar-refractivity contribution is -0.169. The maximum Gasteiger partial charge on any atom is 0.265 e. The number of fused-ring (bicyclic) bond motifs is 13. The molecule has 13 nitrogen and oxygen atoms in total. The summed E-state index contributed by atoms with van der Waals surface area (Å²) in [5, 5.41) is 44.9. The Labute approximate surface area is 315 Å². The van der Waals surface area contributed by atoms with Crippen molar-refractivity contribution >= 4 is 97.8 Å². The Hall–Kier alpha value is -2.10. The van der Waals surface area contributed by atoms with Crippen molar-refractivity contribution in [3.8, 4) is 0 Å². The number of carbonyl (C=O) groups excluding carboxylic acids is 4. The van der Waals surface area contributed by atoms with E-state index in [1.54, 1.807) is 13.1 Å². The number of likely N-dealkylation sites (N-methyl/N-ethyl adjacent to an activating group) is 2. The van der Waals surface area contributed by atoms with Crippen LogP contribution in [0.4, 0.5) is 11.4 Å². The first-order chi connectivity index (χ1) is 24.3. The van der Waals surface area contributed by atoms with Crippen LogP contribution in [0.25, 0.3) is 0 Å². The number of carbonyl (C=O) groups is 4. The van der Waals surface area contributed by atoms with Crippen molar-refractivity contribution < 1.29 is 34.5 Å². The number of hydrogen-bond acceptors (Lipinski definition) is 15. The lowest BCUT2D eigenvalue weighted by Gasteiger charge is -2.58. The molecule has 2 aromatic rings. The number of hydrogen-bond donors (Lipinski definition) is 5. The van der Waals surface area contributed by atoms with Gasteiger partial charge in [-0.1, -0.05) is 50.2 Å². The zero-order valence-electron chi connectivity index (χ0n) is 27.4. The second kappa shape index (κ2) is 10.1. The first-order valence-corrected chi connectivity index (χ1v) is 23.3. The topological polar surface area (TPSA) is 166 Å². The van der Waals surface area contributed by atoms with Crippen molar-refractivity contribution in [1.29, 1.82) is 0 Å². The Morgan fingerprint density at radius 2 is 1.18 bits per heavy atom. The SMILES string of the molecule is CC(C)C12SSSSC3(C(=O)N1C)C(O)C1(C45c6ccccc6NC4N4C(=O)C6(CO)SSC4(C(=O)N6C)C5O)c4ccccc4NC1N3C2=O. The maximum atomic E-state index is 15.5. The molecule has 2 spiro atoms. The van der Waals surface area contributed by atoms with Crippen LogP contribution in [0.3, 0.4) is 0 Å². The van der Waals surface area contributed by atoms with Crippen molar-refractivity contribution in [1.82, 2.24) is 19.6 Å². The molecule has 0 aliphatic carbocycles. The summed E-state index contributed by atoms with van der Waals surface area (Å²) < 4.78 is 0. The van der Waals surface area contributed by atoms with Crippen LogP contribution < -0.4 is 10.6 Å². The van der Waals surface area contributed by atoms with Crippen molar-refractivity contribution in [2.45, 2.75) is 68.7 Å². The number of para-hydroxylation sites is 2. The molecule has 10 heterocycles. The number of amides is 4. The third-order valence-electron chi connectivity index (χ3n) is 12.7. The summed E-state index contributed by atoms with van der Waals surface area (Å²) in [6, 6.07) is 14.6. The zero-order valence-corrected chi connectivity index (χ0v) is 32.3. The molecule has 10 aliphatic rings. The third-order valence-corrected chi connectivity index (χ3v) is 23.9. The van der Waals surface area contributed by atoms with Gasteiger partial charge in [0.05, 0.1) is 17.4 Å². The van der Waals surface area contributed by atoms with E-state index in [1.165, 1.54) is 57.1 Å². The smallest absolute Gasteiger partial charge is 0.265 e. The van der Waals surface area contributed by atoms with E-state index in [0.29, 0.717) is 22.5 Å². The van der Waals surface area contributed by atoms with Crippen LogP contribution in [0.5, 0.6) is 0 Å². The lowest BCUT2D eigenvalue weighted by atomic mass is 9.52. The van der Waals surface area contributed by atoms with Crippen molar-refractivity contribution in [3.05, 3.63) is 59.7 Å². The molecule has 5 N–H and O–H groups in total. The number of piperazine rings is 2. The van der Waals surface area contributed by atoms with E-state index in [9.17, 15) is 24.9 Å². The first-order valence-electron chi connectivity index (χ1n) is 16.3. The Bertz CT molecular complexity index is 2020. The fourth-order valence-electron chi connectivity index (χ4n) is 10.5. The molecular weight excluding hydrogens is 773 g/mol. The molecule has 0 radical (unpaired) electrons. The van der Waals surface area contributed by atoms with Crippen LogP contribution >= 0.6 is 62.8 Å². The van der Waals surface area contributed by atoms with E-state index < -0.39 is 79.2 Å². The average molecular weight is 805 g/mol. The van der Waals surface area contributed by atoms with E-state index in [4.69, 9.17) is 0 Å². The number of nitrogens with one attached hydrogen (secondary N) is 2. The molecule has 10 aliphatic heterocycles. The van der Waals surface area contributed by atoms with E-state index in [2.05, 4.69) is 10.6 Å². The normalized spacial score (nSPS) is 44.2. The molecule has 4 amide bonds. The van der Waals surface area contributed by atoms with Crippen LogP contribution in [0, 0.1) is 5.92 Å². The number of benzene rings is 2. The van der Waals surface area contributed by atoms with Crippen LogP contribution in [0.15, 0.2) is 48.5 Å². The molecule has 10 unspecified atom stereocenters. The number of aliphatic hydroxyl groups is 3. The monoisotopic (exact) mass is 804 g/mol. The lowest BCUT2D eigenvalue weighted by Crippen LogP contribution is -2.79. The number of anilines is 2. The summed E-state index contributed by atoms with van der Waals surface area (Å²) in [5.74, 6) is -2.26. The van der Waals surface area contributed by atoms with Gasteiger partial charge in [0.25, 0.3) is 23.6 Å². The predicted octanol–water partition coefficient (Wildman–Crippen LogP) is 2.24. The standard InChI is InChI=1S/C32H32N6O7S6/c1-14(2)30-26(45)38-22-29(16-10-6-8-12-18(16)34-22,20(41)32(38,25(44)36(30)4)49-51-50-48-30)28-15-9-5-7-11-17(15)33-21(28)37-23(42)27(13-39)35(3)24(43)31(37,19(28)40)47-46-27/h5-12,14,19-22,33-34,39-41H,13H2,1-4H3. The van der Waals surface area contributed by atoms with Crippen LogP contribution in [-0.4, -0.2) is 123 Å². The molecule has 4 bridgehead atoms. The highest BCUT2D eigenvalue weighted by Gasteiger charge is 2.92. The molecule has 8 saturated heterocycles. The number of rotatable bonds is 3. The van der Waals surface area contributed by atoms with E-state index >= 15 is 9.59 Å². The Morgan fingerprint density at radius 1 is 0.686 bits per heavy atom. The van der Waals surface area contributed by atoms with E-state index in [-0.39, 0.29) is 11.8 Å². The fourth-order valence-corrected chi connectivity index (χ4v) is 22.3. The molecule has 10 atom stereocenters. The Kier molecular flexibility index (Phi) is 6.66. The van der Waals surface area contributed by atoms with Gasteiger partial charge >= 0.3 is 0 Å². The van der Waals surface area contributed by atoms with Gasteiger partial charge in [-0.15, -0.1) is 0 Å². The molecule has 0 saturated carbocycles.